The molecule has 0 saturated carbocycles. The number of hydrogen-bond donors (Lipinski definition) is 4. The maximum Gasteiger partial charge on any atom is 0.0558 e. The summed E-state index contributed by atoms with van der Waals surface area (Å²) < 4.78 is 0. The smallest absolute Gasteiger partial charge is 0.0558 e. The topological polar surface area (TPSA) is 40.5 Å². The molecule has 2 N–H and O–H groups in total. The largest absolute Gasteiger partial charge is 0.396 e. The second-order valence-electron chi connectivity index (χ2n) is 3.39. The molecule has 2 unspecified atom stereocenters. The Hall–Kier alpha value is 1.67. The van der Waals surface area contributed by atoms with Crippen molar-refractivity contribution in [1.82, 2.24) is 0 Å². The lowest BCUT2D eigenvalue weighted by Crippen LogP contribution is -2.15. The molecular weight excluding hydrogens is 312 g/mol. The first-order valence-electron chi connectivity index (χ1n) is 5.52. The quantitative estimate of drug-likeness (QED) is 0.323. The summed E-state index contributed by atoms with van der Waals surface area (Å²) in [5, 5.41) is 18.5. The summed E-state index contributed by atoms with van der Waals surface area (Å²) in [4.78, 5) is 0. The number of thiol groups is 2. The minimum Gasteiger partial charge on any atom is -0.396 e. The number of thioether (sulfide) groups is 3. The van der Waals surface area contributed by atoms with Gasteiger partial charge in [0.05, 0.1) is 13.2 Å². The van der Waals surface area contributed by atoms with Crippen molar-refractivity contribution in [2.75, 3.05) is 47.7 Å². The van der Waals surface area contributed by atoms with Crippen LogP contribution in [0.2, 0.25) is 0 Å². The van der Waals surface area contributed by atoms with Crippen molar-refractivity contribution in [3.05, 3.63) is 0 Å². The Bertz CT molecular complexity index is 162. The van der Waals surface area contributed by atoms with Crippen LogP contribution in [-0.4, -0.2) is 68.4 Å². The maximum absolute atomic E-state index is 9.18. The first kappa shape index (κ1) is 18.7. The fourth-order valence-corrected chi connectivity index (χ4v) is 4.94. The highest BCUT2D eigenvalue weighted by atomic mass is 32.2. The van der Waals surface area contributed by atoms with E-state index in [1.54, 1.807) is 23.5 Å². The molecule has 2 atom stereocenters. The number of hydrogen-bond acceptors (Lipinski definition) is 7. The molecule has 2 nitrogen and oxygen atoms in total. The van der Waals surface area contributed by atoms with E-state index >= 15 is 0 Å². The minimum absolute atomic E-state index is 0.238. The van der Waals surface area contributed by atoms with E-state index in [1.165, 1.54) is 0 Å². The zero-order valence-electron chi connectivity index (χ0n) is 9.83. The SMILES string of the molecule is OCCSCC(S)CSCC(CO)SCCS. The van der Waals surface area contributed by atoms with E-state index in [0.29, 0.717) is 10.5 Å². The van der Waals surface area contributed by atoms with Gasteiger partial charge in [-0.2, -0.15) is 60.5 Å². The van der Waals surface area contributed by atoms with Gasteiger partial charge in [-0.05, 0) is 5.75 Å². The summed E-state index contributed by atoms with van der Waals surface area (Å²) in [7, 11) is 0. The van der Waals surface area contributed by atoms with E-state index in [0.717, 1.165) is 34.5 Å². The van der Waals surface area contributed by atoms with Crippen molar-refractivity contribution in [3.63, 3.8) is 0 Å². The highest BCUT2D eigenvalue weighted by Gasteiger charge is 2.09. The van der Waals surface area contributed by atoms with Crippen LogP contribution in [0.15, 0.2) is 0 Å². The normalized spacial score (nSPS) is 14.8. The summed E-state index contributed by atoms with van der Waals surface area (Å²) in [5.41, 5.74) is 0. The van der Waals surface area contributed by atoms with Crippen LogP contribution in [0.1, 0.15) is 0 Å². The lowest BCUT2D eigenvalue weighted by molar-refractivity contribution is 0.301. The zero-order valence-corrected chi connectivity index (χ0v) is 14.1. The summed E-state index contributed by atoms with van der Waals surface area (Å²) in [5.74, 6) is 5.59. The maximum atomic E-state index is 9.18. The van der Waals surface area contributed by atoms with Crippen molar-refractivity contribution < 1.29 is 10.2 Å². The average molecular weight is 335 g/mol. The molecule has 0 radical (unpaired) electrons. The summed E-state index contributed by atoms with van der Waals surface area (Å²) in [6, 6.07) is 0. The zero-order chi connectivity index (χ0) is 12.9. The van der Waals surface area contributed by atoms with Crippen LogP contribution in [0.4, 0.5) is 0 Å². The Kier molecular flexibility index (Phi) is 15.5. The predicted octanol–water partition coefficient (Wildman–Crippen LogP) is 1.77. The lowest BCUT2D eigenvalue weighted by atomic mass is 10.5. The molecule has 0 amide bonds. The Balaban J connectivity index is 3.45. The van der Waals surface area contributed by atoms with E-state index < -0.39 is 0 Å². The van der Waals surface area contributed by atoms with Crippen molar-refractivity contribution in [2.45, 2.75) is 10.5 Å². The molecule has 0 saturated heterocycles. The Morgan fingerprint density at radius 2 is 1.71 bits per heavy atom. The van der Waals surface area contributed by atoms with Gasteiger partial charge in [0, 0.05) is 39.3 Å². The first-order valence-corrected chi connectivity index (χ1v) is 10.0. The van der Waals surface area contributed by atoms with Crippen LogP contribution in [0.5, 0.6) is 0 Å². The monoisotopic (exact) mass is 334 g/mol. The molecular formula is C10H22O2S5. The third-order valence-electron chi connectivity index (χ3n) is 1.81. The third-order valence-corrected chi connectivity index (χ3v) is 7.02. The lowest BCUT2D eigenvalue weighted by Gasteiger charge is -2.14. The predicted molar refractivity (Wildman–Crippen MR) is 91.7 cm³/mol. The Labute approximate surface area is 128 Å². The molecule has 0 aromatic rings. The van der Waals surface area contributed by atoms with Crippen LogP contribution < -0.4 is 0 Å². The summed E-state index contributed by atoms with van der Waals surface area (Å²) in [6.07, 6.45) is 0. The molecule has 0 aromatic heterocycles. The molecule has 0 aliphatic carbocycles. The number of aliphatic hydroxyl groups excluding tert-OH is 2. The first-order chi connectivity index (χ1) is 8.24. The van der Waals surface area contributed by atoms with Crippen LogP contribution in [0.25, 0.3) is 0 Å². The fraction of sp³-hybridized carbons (Fsp3) is 1.00. The average Bonchev–Trinajstić information content (AvgIpc) is 2.34. The Morgan fingerprint density at radius 3 is 2.29 bits per heavy atom. The van der Waals surface area contributed by atoms with Crippen LogP contribution in [0, 0.1) is 0 Å². The van der Waals surface area contributed by atoms with Gasteiger partial charge in [-0.15, -0.1) is 0 Å². The van der Waals surface area contributed by atoms with Crippen LogP contribution in [-0.2, 0) is 0 Å². The molecule has 0 aromatic carbocycles. The van der Waals surface area contributed by atoms with Gasteiger partial charge in [0.15, 0.2) is 0 Å². The van der Waals surface area contributed by atoms with Crippen molar-refractivity contribution in [1.29, 1.82) is 0 Å². The van der Waals surface area contributed by atoms with Gasteiger partial charge < -0.3 is 10.2 Å². The standard InChI is InChI=1S/C10H22O2S5/c11-1-3-15-6-9(14)7-16-8-10(5-12)17-4-2-13/h9-14H,1-8H2. The fourth-order valence-electron chi connectivity index (χ4n) is 1.04. The Morgan fingerprint density at radius 1 is 1.00 bits per heavy atom. The van der Waals surface area contributed by atoms with Gasteiger partial charge in [0.2, 0.25) is 0 Å². The molecule has 0 aliphatic rings. The van der Waals surface area contributed by atoms with E-state index in [2.05, 4.69) is 25.3 Å². The number of rotatable bonds is 12. The van der Waals surface area contributed by atoms with Crippen molar-refractivity contribution >= 4 is 60.5 Å². The van der Waals surface area contributed by atoms with Crippen LogP contribution >= 0.6 is 60.5 Å². The second kappa shape index (κ2) is 14.1. The summed E-state index contributed by atoms with van der Waals surface area (Å²) in [6.45, 7) is 0.479. The van der Waals surface area contributed by atoms with E-state index in [-0.39, 0.29) is 13.2 Å². The summed E-state index contributed by atoms with van der Waals surface area (Å²) >= 11 is 14.0. The molecule has 0 bridgehead atoms. The van der Waals surface area contributed by atoms with E-state index in [9.17, 15) is 5.11 Å². The van der Waals surface area contributed by atoms with Gasteiger partial charge in [0.1, 0.15) is 0 Å². The van der Waals surface area contributed by atoms with Gasteiger partial charge in [-0.1, -0.05) is 0 Å². The van der Waals surface area contributed by atoms with Gasteiger partial charge in [-0.3, -0.25) is 0 Å². The molecule has 0 heterocycles. The van der Waals surface area contributed by atoms with Gasteiger partial charge in [0.25, 0.3) is 0 Å². The van der Waals surface area contributed by atoms with Crippen molar-refractivity contribution in [3.8, 4) is 0 Å². The second-order valence-corrected chi connectivity index (χ2v) is 8.20. The molecule has 104 valence electrons. The molecule has 0 aliphatic heterocycles. The minimum atomic E-state index is 0.238. The van der Waals surface area contributed by atoms with Crippen LogP contribution in [0.3, 0.4) is 0 Å². The highest BCUT2D eigenvalue weighted by Crippen LogP contribution is 2.19. The third kappa shape index (κ3) is 12.4. The molecule has 0 rings (SSSR count). The van der Waals surface area contributed by atoms with Crippen molar-refractivity contribution in [2.24, 2.45) is 0 Å². The molecule has 0 fully saturated rings. The number of aliphatic hydroxyl groups is 2. The van der Waals surface area contributed by atoms with Gasteiger partial charge in [-0.25, -0.2) is 0 Å². The van der Waals surface area contributed by atoms with Gasteiger partial charge >= 0.3 is 0 Å². The van der Waals surface area contributed by atoms with E-state index in [1.807, 2.05) is 11.8 Å². The molecule has 7 heteroatoms. The van der Waals surface area contributed by atoms with E-state index in [4.69, 9.17) is 5.11 Å². The highest BCUT2D eigenvalue weighted by molar-refractivity contribution is 8.04. The molecule has 17 heavy (non-hydrogen) atoms. The molecule has 0 spiro atoms.